The van der Waals surface area contributed by atoms with Crippen LogP contribution in [0.5, 0.6) is 0 Å². The Kier molecular flexibility index (Phi) is 4.84. The maximum Gasteiger partial charge on any atom is 0.147 e. The molecule has 1 aromatic rings. The summed E-state index contributed by atoms with van der Waals surface area (Å²) in [7, 11) is 0. The van der Waals surface area contributed by atoms with Gasteiger partial charge in [0.25, 0.3) is 0 Å². The summed E-state index contributed by atoms with van der Waals surface area (Å²) in [5, 5.41) is 3.98. The van der Waals surface area contributed by atoms with Crippen molar-refractivity contribution >= 4 is 17.3 Å². The molecule has 4 heteroatoms. The molecule has 1 saturated heterocycles. The number of hydrogen-bond acceptors (Lipinski definition) is 2. The van der Waals surface area contributed by atoms with Gasteiger partial charge < -0.3 is 10.2 Å². The Bertz CT molecular complexity index is 397. The summed E-state index contributed by atoms with van der Waals surface area (Å²) in [6, 6.07) is 5.39. The summed E-state index contributed by atoms with van der Waals surface area (Å²) < 4.78 is 13.9. The number of halogens is 2. The van der Waals surface area contributed by atoms with Gasteiger partial charge in [-0.2, -0.15) is 0 Å². The van der Waals surface area contributed by atoms with Gasteiger partial charge in [0, 0.05) is 24.2 Å². The Morgan fingerprint density at radius 1 is 1.50 bits per heavy atom. The molecular formula is C14H20ClFN2. The molecular weight excluding hydrogens is 251 g/mol. The van der Waals surface area contributed by atoms with Crippen molar-refractivity contribution in [1.82, 2.24) is 5.32 Å². The number of anilines is 1. The van der Waals surface area contributed by atoms with Crippen molar-refractivity contribution in [3.63, 3.8) is 0 Å². The highest BCUT2D eigenvalue weighted by Gasteiger charge is 2.19. The quantitative estimate of drug-likeness (QED) is 0.905. The van der Waals surface area contributed by atoms with Crippen LogP contribution in [0.1, 0.15) is 26.2 Å². The van der Waals surface area contributed by atoms with Gasteiger partial charge in [-0.05, 0) is 37.6 Å². The molecule has 1 heterocycles. The molecule has 1 unspecified atom stereocenters. The topological polar surface area (TPSA) is 15.3 Å². The second-order valence-corrected chi connectivity index (χ2v) is 5.27. The summed E-state index contributed by atoms with van der Waals surface area (Å²) >= 11 is 5.80. The summed E-state index contributed by atoms with van der Waals surface area (Å²) in [4.78, 5) is 2.13. The van der Waals surface area contributed by atoms with Crippen LogP contribution in [0.25, 0.3) is 0 Å². The van der Waals surface area contributed by atoms with Gasteiger partial charge in [-0.3, -0.25) is 0 Å². The van der Waals surface area contributed by atoms with Crippen LogP contribution in [0.3, 0.4) is 0 Å². The number of rotatable bonds is 3. The lowest BCUT2D eigenvalue weighted by atomic mass is 10.1. The minimum Gasteiger partial charge on any atom is -0.368 e. The highest BCUT2D eigenvalue weighted by molar-refractivity contribution is 6.30. The average Bonchev–Trinajstić information content (AvgIpc) is 2.55. The van der Waals surface area contributed by atoms with Crippen LogP contribution in [0, 0.1) is 5.82 Å². The van der Waals surface area contributed by atoms with Crippen LogP contribution in [0.2, 0.25) is 5.02 Å². The molecule has 18 heavy (non-hydrogen) atoms. The number of hydrogen-bond donors (Lipinski definition) is 1. The molecule has 1 aliphatic heterocycles. The van der Waals surface area contributed by atoms with Crippen LogP contribution < -0.4 is 10.2 Å². The van der Waals surface area contributed by atoms with Crippen molar-refractivity contribution in [3.05, 3.63) is 29.0 Å². The van der Waals surface area contributed by atoms with E-state index >= 15 is 0 Å². The molecule has 0 amide bonds. The molecule has 0 aromatic heterocycles. The first-order valence-electron chi connectivity index (χ1n) is 6.64. The van der Waals surface area contributed by atoms with E-state index in [1.807, 2.05) is 0 Å². The molecule has 0 saturated carbocycles. The summed E-state index contributed by atoms with van der Waals surface area (Å²) in [5.41, 5.74) is 0.671. The van der Waals surface area contributed by atoms with Crippen molar-refractivity contribution in [1.29, 1.82) is 0 Å². The lowest BCUT2D eigenvalue weighted by Gasteiger charge is -2.26. The summed E-state index contributed by atoms with van der Waals surface area (Å²) in [6.07, 6.45) is 3.32. The van der Waals surface area contributed by atoms with E-state index < -0.39 is 0 Å². The van der Waals surface area contributed by atoms with Crippen LogP contribution >= 0.6 is 11.6 Å². The molecule has 1 aromatic carbocycles. The molecule has 2 rings (SSSR count). The Labute approximate surface area is 113 Å². The maximum absolute atomic E-state index is 13.9. The fraction of sp³-hybridized carbons (Fsp3) is 0.571. The lowest BCUT2D eigenvalue weighted by molar-refractivity contribution is 0.500. The van der Waals surface area contributed by atoms with E-state index in [-0.39, 0.29) is 5.82 Å². The zero-order chi connectivity index (χ0) is 13.0. The summed E-state index contributed by atoms with van der Waals surface area (Å²) in [5.74, 6) is -0.223. The molecule has 1 aliphatic rings. The Morgan fingerprint density at radius 2 is 2.33 bits per heavy atom. The zero-order valence-corrected chi connectivity index (χ0v) is 11.5. The number of nitrogens with one attached hydrogen (secondary N) is 1. The molecule has 0 radical (unpaired) electrons. The van der Waals surface area contributed by atoms with Gasteiger partial charge >= 0.3 is 0 Å². The predicted molar refractivity (Wildman–Crippen MR) is 74.9 cm³/mol. The SMILES string of the molecule is CCCC1CN(c2ccc(Cl)cc2F)CCCN1. The average molecular weight is 271 g/mol. The molecule has 0 spiro atoms. The Balaban J connectivity index is 2.14. The second kappa shape index (κ2) is 6.39. The van der Waals surface area contributed by atoms with Crippen molar-refractivity contribution in [3.8, 4) is 0 Å². The minimum atomic E-state index is -0.223. The van der Waals surface area contributed by atoms with Crippen LogP contribution in [-0.2, 0) is 0 Å². The first-order valence-corrected chi connectivity index (χ1v) is 7.02. The van der Waals surface area contributed by atoms with Gasteiger partial charge in [0.15, 0.2) is 0 Å². The van der Waals surface area contributed by atoms with Crippen molar-refractivity contribution < 1.29 is 4.39 Å². The van der Waals surface area contributed by atoms with E-state index in [0.717, 1.165) is 38.9 Å². The molecule has 1 fully saturated rings. The largest absolute Gasteiger partial charge is 0.368 e. The van der Waals surface area contributed by atoms with Gasteiger partial charge in [0.05, 0.1) is 5.69 Å². The highest BCUT2D eigenvalue weighted by Crippen LogP contribution is 2.24. The van der Waals surface area contributed by atoms with Gasteiger partial charge in [-0.25, -0.2) is 4.39 Å². The maximum atomic E-state index is 13.9. The van der Waals surface area contributed by atoms with Gasteiger partial charge in [0.2, 0.25) is 0 Å². The van der Waals surface area contributed by atoms with E-state index in [2.05, 4.69) is 17.1 Å². The molecule has 0 aliphatic carbocycles. The van der Waals surface area contributed by atoms with Crippen molar-refractivity contribution in [2.24, 2.45) is 0 Å². The van der Waals surface area contributed by atoms with E-state index in [1.54, 1.807) is 12.1 Å². The second-order valence-electron chi connectivity index (χ2n) is 4.84. The van der Waals surface area contributed by atoms with Crippen molar-refractivity contribution in [2.75, 3.05) is 24.5 Å². The van der Waals surface area contributed by atoms with E-state index in [9.17, 15) is 4.39 Å². The van der Waals surface area contributed by atoms with Crippen LogP contribution in [0.15, 0.2) is 18.2 Å². The third-order valence-corrected chi connectivity index (χ3v) is 3.60. The van der Waals surface area contributed by atoms with Crippen molar-refractivity contribution in [2.45, 2.75) is 32.2 Å². The molecule has 0 bridgehead atoms. The van der Waals surface area contributed by atoms with Crippen LogP contribution in [0.4, 0.5) is 10.1 Å². The Morgan fingerprint density at radius 3 is 3.06 bits per heavy atom. The standard InChI is InChI=1S/C14H20ClFN2/c1-2-4-12-10-18(8-3-7-17-12)14-6-5-11(15)9-13(14)16/h5-6,9,12,17H,2-4,7-8,10H2,1H3. The third-order valence-electron chi connectivity index (χ3n) is 3.37. The van der Waals surface area contributed by atoms with Crippen LogP contribution in [-0.4, -0.2) is 25.7 Å². The molecule has 2 nitrogen and oxygen atoms in total. The van der Waals surface area contributed by atoms with Gasteiger partial charge in [-0.1, -0.05) is 24.9 Å². The number of nitrogens with zero attached hydrogens (tertiary/aromatic N) is 1. The van der Waals surface area contributed by atoms with Gasteiger partial charge in [-0.15, -0.1) is 0 Å². The van der Waals surface area contributed by atoms with E-state index in [4.69, 9.17) is 11.6 Å². The number of benzene rings is 1. The van der Waals surface area contributed by atoms with E-state index in [0.29, 0.717) is 16.8 Å². The van der Waals surface area contributed by atoms with Gasteiger partial charge in [0.1, 0.15) is 5.82 Å². The molecule has 100 valence electrons. The third kappa shape index (κ3) is 3.36. The molecule has 1 N–H and O–H groups in total. The molecule has 1 atom stereocenters. The zero-order valence-electron chi connectivity index (χ0n) is 10.8. The smallest absolute Gasteiger partial charge is 0.147 e. The highest BCUT2D eigenvalue weighted by atomic mass is 35.5. The fourth-order valence-electron chi connectivity index (χ4n) is 2.50. The first kappa shape index (κ1) is 13.6. The van der Waals surface area contributed by atoms with E-state index in [1.165, 1.54) is 6.07 Å². The Hall–Kier alpha value is -0.800. The first-order chi connectivity index (χ1) is 8.70. The minimum absolute atomic E-state index is 0.223. The summed E-state index contributed by atoms with van der Waals surface area (Å²) in [6.45, 7) is 4.95. The monoisotopic (exact) mass is 270 g/mol. The predicted octanol–water partition coefficient (Wildman–Crippen LogP) is 3.45. The normalized spacial score (nSPS) is 20.8. The lowest BCUT2D eigenvalue weighted by Crippen LogP contribution is -2.37. The fourth-order valence-corrected chi connectivity index (χ4v) is 2.66.